The molecule has 3 aromatic carbocycles. The topological polar surface area (TPSA) is 84.2 Å². The van der Waals surface area contributed by atoms with E-state index in [1.54, 1.807) is 0 Å². The van der Waals surface area contributed by atoms with Crippen molar-refractivity contribution in [2.24, 2.45) is 0 Å². The van der Waals surface area contributed by atoms with Gasteiger partial charge in [0.1, 0.15) is 17.3 Å². The lowest BCUT2D eigenvalue weighted by Gasteiger charge is -2.13. The van der Waals surface area contributed by atoms with Crippen LogP contribution in [0.5, 0.6) is 0 Å². The summed E-state index contributed by atoms with van der Waals surface area (Å²) in [5, 5.41) is 3.12. The van der Waals surface area contributed by atoms with Crippen molar-refractivity contribution in [3.63, 3.8) is 0 Å². The van der Waals surface area contributed by atoms with Gasteiger partial charge in [-0.25, -0.2) is 17.2 Å². The minimum absolute atomic E-state index is 0.197. The molecule has 3 aromatic rings. The molecule has 8 heteroatoms. The molecular weight excluding hydrogens is 372 g/mol. The van der Waals surface area contributed by atoms with Gasteiger partial charge in [-0.2, -0.15) is 0 Å². The van der Waals surface area contributed by atoms with Crippen molar-refractivity contribution >= 4 is 27.1 Å². The Morgan fingerprint density at radius 3 is 2.19 bits per heavy atom. The van der Waals surface area contributed by atoms with Crippen LogP contribution in [0.2, 0.25) is 0 Å². The Balaban J connectivity index is 1.79. The molecule has 0 amide bonds. The van der Waals surface area contributed by atoms with E-state index >= 15 is 0 Å². The van der Waals surface area contributed by atoms with Crippen LogP contribution < -0.4 is 15.8 Å². The molecule has 0 saturated heterocycles. The first-order chi connectivity index (χ1) is 12.9. The number of nitrogens with one attached hydrogen (secondary N) is 2. The normalized spacial score (nSPS) is 11.2. The molecule has 0 atom stereocenters. The summed E-state index contributed by atoms with van der Waals surface area (Å²) >= 11 is 0. The average Bonchev–Trinajstić information content (AvgIpc) is 2.65. The standard InChI is InChI=1S/C19H17F2N3O2S/c20-15-7-4-8-16(21)19(15)24-27(25,26)14-9-10-18(17(22)11-14)23-12-13-5-2-1-3-6-13/h1-11,23-24H,12,22H2. The van der Waals surface area contributed by atoms with Crippen LogP contribution in [0.15, 0.2) is 71.6 Å². The molecule has 0 spiro atoms. The third kappa shape index (κ3) is 4.35. The van der Waals surface area contributed by atoms with E-state index in [1.807, 2.05) is 35.1 Å². The molecule has 0 aliphatic rings. The summed E-state index contributed by atoms with van der Waals surface area (Å²) in [5.74, 6) is -2.01. The maximum Gasteiger partial charge on any atom is 0.262 e. The molecule has 0 aliphatic heterocycles. The van der Waals surface area contributed by atoms with Gasteiger partial charge in [-0.3, -0.25) is 4.72 Å². The molecule has 0 aromatic heterocycles. The van der Waals surface area contributed by atoms with Crippen LogP contribution in [0.4, 0.5) is 25.8 Å². The molecule has 3 rings (SSSR count). The predicted octanol–water partition coefficient (Wildman–Crippen LogP) is 3.96. The van der Waals surface area contributed by atoms with Crippen molar-refractivity contribution in [3.8, 4) is 0 Å². The third-order valence-electron chi connectivity index (χ3n) is 3.86. The first kappa shape index (κ1) is 18.7. The van der Waals surface area contributed by atoms with Gasteiger partial charge in [-0.05, 0) is 35.9 Å². The quantitative estimate of drug-likeness (QED) is 0.557. The van der Waals surface area contributed by atoms with Crippen LogP contribution in [0.1, 0.15) is 5.56 Å². The Kier molecular flexibility index (Phi) is 5.27. The van der Waals surface area contributed by atoms with Crippen molar-refractivity contribution in [2.45, 2.75) is 11.4 Å². The predicted molar refractivity (Wildman–Crippen MR) is 102 cm³/mol. The molecule has 0 saturated carbocycles. The Labute approximate surface area is 155 Å². The highest BCUT2D eigenvalue weighted by Crippen LogP contribution is 2.26. The molecule has 4 N–H and O–H groups in total. The average molecular weight is 389 g/mol. The van der Waals surface area contributed by atoms with E-state index < -0.39 is 27.3 Å². The Morgan fingerprint density at radius 2 is 1.56 bits per heavy atom. The molecule has 0 bridgehead atoms. The highest BCUT2D eigenvalue weighted by molar-refractivity contribution is 7.92. The Bertz CT molecular complexity index is 1040. The summed E-state index contributed by atoms with van der Waals surface area (Å²) in [6.07, 6.45) is 0. The second-order valence-corrected chi connectivity index (χ2v) is 7.47. The highest BCUT2D eigenvalue weighted by atomic mass is 32.2. The lowest BCUT2D eigenvalue weighted by Crippen LogP contribution is -2.15. The van der Waals surface area contributed by atoms with Crippen molar-refractivity contribution in [2.75, 3.05) is 15.8 Å². The second kappa shape index (κ2) is 7.63. The number of sulfonamides is 1. The molecule has 0 aliphatic carbocycles. The fourth-order valence-electron chi connectivity index (χ4n) is 2.45. The molecular formula is C19H17F2N3O2S. The van der Waals surface area contributed by atoms with Crippen molar-refractivity contribution in [1.29, 1.82) is 0 Å². The van der Waals surface area contributed by atoms with Gasteiger partial charge in [0, 0.05) is 6.54 Å². The van der Waals surface area contributed by atoms with Gasteiger partial charge in [0.05, 0.1) is 16.3 Å². The van der Waals surface area contributed by atoms with Gasteiger partial charge in [0.2, 0.25) is 0 Å². The number of hydrogen-bond donors (Lipinski definition) is 3. The van der Waals surface area contributed by atoms with Gasteiger partial charge in [0.15, 0.2) is 0 Å². The number of anilines is 3. The van der Waals surface area contributed by atoms with E-state index in [1.165, 1.54) is 18.2 Å². The summed E-state index contributed by atoms with van der Waals surface area (Å²) in [6.45, 7) is 0.510. The van der Waals surface area contributed by atoms with Crippen LogP contribution in [0.25, 0.3) is 0 Å². The second-order valence-electron chi connectivity index (χ2n) is 5.79. The lowest BCUT2D eigenvalue weighted by atomic mass is 10.2. The smallest absolute Gasteiger partial charge is 0.262 e. The van der Waals surface area contributed by atoms with E-state index in [-0.39, 0.29) is 10.6 Å². The maximum absolute atomic E-state index is 13.7. The first-order valence-electron chi connectivity index (χ1n) is 8.01. The number of nitrogens with two attached hydrogens (primary N) is 1. The number of para-hydroxylation sites is 1. The molecule has 0 radical (unpaired) electrons. The largest absolute Gasteiger partial charge is 0.397 e. The number of rotatable bonds is 6. The molecule has 140 valence electrons. The van der Waals surface area contributed by atoms with E-state index in [0.29, 0.717) is 12.2 Å². The van der Waals surface area contributed by atoms with Gasteiger partial charge >= 0.3 is 0 Å². The molecule has 0 fully saturated rings. The van der Waals surface area contributed by atoms with E-state index in [4.69, 9.17) is 5.73 Å². The van der Waals surface area contributed by atoms with Crippen LogP contribution in [-0.4, -0.2) is 8.42 Å². The van der Waals surface area contributed by atoms with E-state index in [0.717, 1.165) is 23.8 Å². The third-order valence-corrected chi connectivity index (χ3v) is 5.21. The molecule has 0 unspecified atom stereocenters. The SMILES string of the molecule is Nc1cc(S(=O)(=O)Nc2c(F)cccc2F)ccc1NCc1ccccc1. The number of nitrogen functional groups attached to an aromatic ring is 1. The Hall–Kier alpha value is -3.13. The zero-order valence-electron chi connectivity index (χ0n) is 14.1. The first-order valence-corrected chi connectivity index (χ1v) is 9.49. The minimum atomic E-state index is -4.20. The number of halogens is 2. The van der Waals surface area contributed by atoms with E-state index in [9.17, 15) is 17.2 Å². The van der Waals surface area contributed by atoms with Gasteiger partial charge in [0.25, 0.3) is 10.0 Å². The van der Waals surface area contributed by atoms with Crippen LogP contribution in [-0.2, 0) is 16.6 Å². The van der Waals surface area contributed by atoms with Gasteiger partial charge in [-0.1, -0.05) is 36.4 Å². The monoisotopic (exact) mass is 389 g/mol. The lowest BCUT2D eigenvalue weighted by molar-refractivity contribution is 0.583. The summed E-state index contributed by atoms with van der Waals surface area (Å²) in [5.41, 5.74) is 6.98. The van der Waals surface area contributed by atoms with Crippen molar-refractivity contribution in [3.05, 3.63) is 83.9 Å². The fraction of sp³-hybridized carbons (Fsp3) is 0.0526. The summed E-state index contributed by atoms with van der Waals surface area (Å²) < 4.78 is 54.2. The maximum atomic E-state index is 13.7. The molecule has 0 heterocycles. The van der Waals surface area contributed by atoms with E-state index in [2.05, 4.69) is 5.32 Å². The highest BCUT2D eigenvalue weighted by Gasteiger charge is 2.20. The van der Waals surface area contributed by atoms with Crippen LogP contribution in [0, 0.1) is 11.6 Å². The zero-order valence-corrected chi connectivity index (χ0v) is 14.9. The van der Waals surface area contributed by atoms with Crippen molar-refractivity contribution < 1.29 is 17.2 Å². The minimum Gasteiger partial charge on any atom is -0.397 e. The molecule has 27 heavy (non-hydrogen) atoms. The fourth-order valence-corrected chi connectivity index (χ4v) is 3.56. The van der Waals surface area contributed by atoms with Crippen molar-refractivity contribution in [1.82, 2.24) is 0 Å². The zero-order chi connectivity index (χ0) is 19.4. The number of hydrogen-bond acceptors (Lipinski definition) is 4. The van der Waals surface area contributed by atoms with Gasteiger partial charge in [-0.15, -0.1) is 0 Å². The Morgan fingerprint density at radius 1 is 0.889 bits per heavy atom. The summed E-state index contributed by atoms with van der Waals surface area (Å²) in [7, 11) is -4.20. The molecule has 5 nitrogen and oxygen atoms in total. The van der Waals surface area contributed by atoms with Crippen LogP contribution >= 0.6 is 0 Å². The van der Waals surface area contributed by atoms with Gasteiger partial charge < -0.3 is 11.1 Å². The summed E-state index contributed by atoms with van der Waals surface area (Å²) in [6, 6.07) is 16.7. The van der Waals surface area contributed by atoms with Crippen LogP contribution in [0.3, 0.4) is 0 Å². The number of benzene rings is 3. The summed E-state index contributed by atoms with van der Waals surface area (Å²) in [4.78, 5) is -0.201.